The number of halogens is 3. The van der Waals surface area contributed by atoms with Gasteiger partial charge in [0.1, 0.15) is 0 Å². The molecular formula is C12H17F3OSi. The quantitative estimate of drug-likeness (QED) is 0.731. The maximum atomic E-state index is 12.9. The van der Waals surface area contributed by atoms with Gasteiger partial charge in [-0.3, -0.25) is 0 Å². The molecule has 0 aromatic heterocycles. The van der Waals surface area contributed by atoms with Crippen LogP contribution in [-0.4, -0.2) is 14.5 Å². The summed E-state index contributed by atoms with van der Waals surface area (Å²) in [5, 5.41) is 0. The molecule has 0 N–H and O–H groups in total. The highest BCUT2D eigenvalue weighted by molar-refractivity contribution is 6.69. The molecule has 1 nitrogen and oxygen atoms in total. The lowest BCUT2D eigenvalue weighted by Gasteiger charge is -2.28. The largest absolute Gasteiger partial charge is 0.417 e. The van der Waals surface area contributed by atoms with E-state index in [-0.39, 0.29) is 5.56 Å². The number of aryl methyl sites for hydroxylation is 1. The summed E-state index contributed by atoms with van der Waals surface area (Å²) in [6, 6.07) is 6.30. The van der Waals surface area contributed by atoms with E-state index in [1.165, 1.54) is 12.1 Å². The number of hydrogen-bond acceptors (Lipinski definition) is 1. The second-order valence-corrected chi connectivity index (χ2v) is 9.52. The molecule has 0 aliphatic carbocycles. The molecular weight excluding hydrogens is 245 g/mol. The SMILES string of the molecule is Cc1ccc(C(O[Si](C)(C)C)C(F)(F)F)cc1. The first-order chi connectivity index (χ1) is 7.59. The van der Waals surface area contributed by atoms with Gasteiger partial charge in [-0.05, 0) is 32.1 Å². The monoisotopic (exact) mass is 262 g/mol. The second kappa shape index (κ2) is 4.82. The Morgan fingerprint density at radius 1 is 1.06 bits per heavy atom. The lowest BCUT2D eigenvalue weighted by molar-refractivity contribution is -0.200. The molecule has 96 valence electrons. The van der Waals surface area contributed by atoms with Gasteiger partial charge < -0.3 is 4.43 Å². The number of alkyl halides is 3. The van der Waals surface area contributed by atoms with Crippen molar-refractivity contribution in [2.45, 2.75) is 38.8 Å². The molecule has 17 heavy (non-hydrogen) atoms. The fourth-order valence-corrected chi connectivity index (χ4v) is 2.40. The predicted octanol–water partition coefficient (Wildman–Crippen LogP) is 4.45. The molecule has 0 spiro atoms. The van der Waals surface area contributed by atoms with Crippen LogP contribution in [0.4, 0.5) is 13.2 Å². The van der Waals surface area contributed by atoms with E-state index in [9.17, 15) is 13.2 Å². The van der Waals surface area contributed by atoms with Gasteiger partial charge in [0, 0.05) is 0 Å². The van der Waals surface area contributed by atoms with Gasteiger partial charge in [0.05, 0.1) is 0 Å². The van der Waals surface area contributed by atoms with Crippen molar-refractivity contribution in [3.8, 4) is 0 Å². The van der Waals surface area contributed by atoms with E-state index in [4.69, 9.17) is 4.43 Å². The first kappa shape index (κ1) is 14.2. The van der Waals surface area contributed by atoms with E-state index in [0.717, 1.165) is 5.56 Å². The zero-order valence-corrected chi connectivity index (χ0v) is 11.4. The molecule has 1 atom stereocenters. The zero-order chi connectivity index (χ0) is 13.3. The van der Waals surface area contributed by atoms with Gasteiger partial charge in [0.2, 0.25) is 0 Å². The summed E-state index contributed by atoms with van der Waals surface area (Å²) in [7, 11) is -2.25. The van der Waals surface area contributed by atoms with Crippen LogP contribution >= 0.6 is 0 Å². The summed E-state index contributed by atoms with van der Waals surface area (Å²) in [6.45, 7) is 7.09. The van der Waals surface area contributed by atoms with Gasteiger partial charge in [-0.2, -0.15) is 13.2 Å². The van der Waals surface area contributed by atoms with Crippen LogP contribution in [0.1, 0.15) is 17.2 Å². The van der Waals surface area contributed by atoms with Crippen LogP contribution in [0, 0.1) is 6.92 Å². The molecule has 0 aliphatic rings. The first-order valence-corrected chi connectivity index (χ1v) is 8.81. The summed E-state index contributed by atoms with van der Waals surface area (Å²) < 4.78 is 44.0. The zero-order valence-electron chi connectivity index (χ0n) is 10.4. The number of hydrogen-bond donors (Lipinski definition) is 0. The smallest absolute Gasteiger partial charge is 0.403 e. The Morgan fingerprint density at radius 3 is 1.88 bits per heavy atom. The fraction of sp³-hybridized carbons (Fsp3) is 0.500. The Kier molecular flexibility index (Phi) is 4.04. The third kappa shape index (κ3) is 4.51. The van der Waals surface area contributed by atoms with Crippen LogP contribution in [0.25, 0.3) is 0 Å². The van der Waals surface area contributed by atoms with E-state index in [2.05, 4.69) is 0 Å². The van der Waals surface area contributed by atoms with E-state index >= 15 is 0 Å². The second-order valence-electron chi connectivity index (χ2n) is 5.06. The van der Waals surface area contributed by atoms with E-state index < -0.39 is 20.6 Å². The van der Waals surface area contributed by atoms with Crippen molar-refractivity contribution in [1.29, 1.82) is 0 Å². The van der Waals surface area contributed by atoms with Crippen molar-refractivity contribution in [2.75, 3.05) is 0 Å². The highest BCUT2D eigenvalue weighted by atomic mass is 28.4. The lowest BCUT2D eigenvalue weighted by atomic mass is 10.1. The minimum Gasteiger partial charge on any atom is -0.403 e. The third-order valence-corrected chi connectivity index (χ3v) is 3.09. The van der Waals surface area contributed by atoms with Gasteiger partial charge >= 0.3 is 6.18 Å². The van der Waals surface area contributed by atoms with Gasteiger partial charge in [-0.15, -0.1) is 0 Å². The van der Waals surface area contributed by atoms with Gasteiger partial charge in [-0.1, -0.05) is 29.8 Å². The van der Waals surface area contributed by atoms with Gasteiger partial charge in [0.15, 0.2) is 14.4 Å². The molecule has 0 radical (unpaired) electrons. The molecule has 0 heterocycles. The van der Waals surface area contributed by atoms with E-state index in [1.54, 1.807) is 31.8 Å². The standard InChI is InChI=1S/C12H17F3OSi/c1-9-5-7-10(8-6-9)11(12(13,14)15)16-17(2,3)4/h5-8,11H,1-4H3. The Bertz CT molecular complexity index is 365. The molecule has 1 aromatic carbocycles. The average Bonchev–Trinajstić information content (AvgIpc) is 2.13. The molecule has 0 bridgehead atoms. The highest BCUT2D eigenvalue weighted by Gasteiger charge is 2.43. The van der Waals surface area contributed by atoms with Crippen molar-refractivity contribution in [3.63, 3.8) is 0 Å². The van der Waals surface area contributed by atoms with Crippen molar-refractivity contribution < 1.29 is 17.6 Å². The van der Waals surface area contributed by atoms with Gasteiger partial charge in [-0.25, -0.2) is 0 Å². The normalized spacial score (nSPS) is 14.8. The summed E-state index contributed by atoms with van der Waals surface area (Å²) in [6.07, 6.45) is -6.18. The van der Waals surface area contributed by atoms with Crippen LogP contribution < -0.4 is 0 Å². The summed E-state index contributed by atoms with van der Waals surface area (Å²) >= 11 is 0. The lowest BCUT2D eigenvalue weighted by Crippen LogP contribution is -2.34. The maximum absolute atomic E-state index is 12.9. The molecule has 0 amide bonds. The molecule has 1 rings (SSSR count). The van der Waals surface area contributed by atoms with Crippen molar-refractivity contribution in [2.24, 2.45) is 0 Å². The molecule has 0 saturated heterocycles. The van der Waals surface area contributed by atoms with Crippen LogP contribution in [0.5, 0.6) is 0 Å². The first-order valence-electron chi connectivity index (χ1n) is 5.41. The minimum atomic E-state index is -4.37. The van der Waals surface area contributed by atoms with Crippen LogP contribution in [0.2, 0.25) is 19.6 Å². The summed E-state index contributed by atoms with van der Waals surface area (Å²) in [5.74, 6) is 0. The number of rotatable bonds is 3. The summed E-state index contributed by atoms with van der Waals surface area (Å²) in [5.41, 5.74) is 1.10. The Labute approximate surface area is 101 Å². The molecule has 1 aromatic rings. The Morgan fingerprint density at radius 2 is 1.53 bits per heavy atom. The van der Waals surface area contributed by atoms with Crippen molar-refractivity contribution in [3.05, 3.63) is 35.4 Å². The van der Waals surface area contributed by atoms with Crippen LogP contribution in [0.15, 0.2) is 24.3 Å². The van der Waals surface area contributed by atoms with Gasteiger partial charge in [0.25, 0.3) is 0 Å². The third-order valence-electron chi connectivity index (χ3n) is 2.15. The number of benzene rings is 1. The topological polar surface area (TPSA) is 9.23 Å². The Hall–Kier alpha value is -0.813. The average molecular weight is 262 g/mol. The van der Waals surface area contributed by atoms with Crippen LogP contribution in [-0.2, 0) is 4.43 Å². The molecule has 0 fully saturated rings. The summed E-state index contributed by atoms with van der Waals surface area (Å²) in [4.78, 5) is 0. The van der Waals surface area contributed by atoms with E-state index in [1.807, 2.05) is 6.92 Å². The molecule has 0 aliphatic heterocycles. The highest BCUT2D eigenvalue weighted by Crippen LogP contribution is 2.37. The minimum absolute atomic E-state index is 0.172. The van der Waals surface area contributed by atoms with Crippen molar-refractivity contribution >= 4 is 8.32 Å². The van der Waals surface area contributed by atoms with Crippen LogP contribution in [0.3, 0.4) is 0 Å². The molecule has 0 saturated carbocycles. The molecule has 5 heteroatoms. The fourth-order valence-electron chi connectivity index (χ4n) is 1.42. The van der Waals surface area contributed by atoms with Crippen molar-refractivity contribution in [1.82, 2.24) is 0 Å². The Balaban J connectivity index is 3.03. The predicted molar refractivity (Wildman–Crippen MR) is 64.4 cm³/mol. The molecule has 1 unspecified atom stereocenters. The van der Waals surface area contributed by atoms with E-state index in [0.29, 0.717) is 0 Å². The maximum Gasteiger partial charge on any atom is 0.417 e.